The average molecular weight is 519 g/mol. The van der Waals surface area contributed by atoms with Crippen molar-refractivity contribution in [1.82, 2.24) is 20.4 Å². The van der Waals surface area contributed by atoms with Crippen LogP contribution in [0.4, 0.5) is 4.39 Å². The van der Waals surface area contributed by atoms with Crippen molar-refractivity contribution in [2.75, 3.05) is 7.05 Å². The van der Waals surface area contributed by atoms with E-state index in [1.54, 1.807) is 13.1 Å². The lowest BCUT2D eigenvalue weighted by Crippen LogP contribution is -2.38. The smallest absolute Gasteiger partial charge is 0.191 e. The van der Waals surface area contributed by atoms with Gasteiger partial charge in [-0.3, -0.25) is 4.99 Å². The number of halogens is 2. The molecule has 1 aromatic heterocycles. The van der Waals surface area contributed by atoms with Crippen LogP contribution in [0.3, 0.4) is 0 Å². The standard InChI is InChI=1S/C23H26FN5.HI/c1-15-12-16(2)29(28-15)22-11-7-4-8-17(22)14-26-23(25-3)27-21-13-19(21)18-9-5-6-10-20(18)24;/h4-12,19,21H,13-14H2,1-3H3,(H2,25,26,27);1H. The summed E-state index contributed by atoms with van der Waals surface area (Å²) in [4.78, 5) is 4.34. The van der Waals surface area contributed by atoms with Gasteiger partial charge in [-0.05, 0) is 49.6 Å². The Balaban J connectivity index is 0.00000256. The molecule has 0 spiro atoms. The van der Waals surface area contributed by atoms with Gasteiger partial charge in [0, 0.05) is 31.2 Å². The monoisotopic (exact) mass is 519 g/mol. The van der Waals surface area contributed by atoms with Gasteiger partial charge in [-0.15, -0.1) is 24.0 Å². The third-order valence-electron chi connectivity index (χ3n) is 5.32. The second kappa shape index (κ2) is 9.59. The van der Waals surface area contributed by atoms with E-state index >= 15 is 0 Å². The quantitative estimate of drug-likeness (QED) is 0.297. The molecule has 2 atom stereocenters. The average Bonchev–Trinajstić information content (AvgIpc) is 3.40. The van der Waals surface area contributed by atoms with Crippen LogP contribution in [-0.2, 0) is 6.54 Å². The molecule has 1 fully saturated rings. The molecule has 1 heterocycles. The number of aliphatic imine (C=N–C) groups is 1. The van der Waals surface area contributed by atoms with Crippen molar-refractivity contribution in [2.45, 2.75) is 38.8 Å². The first kappa shape index (κ1) is 22.3. The number of aryl methyl sites for hydroxylation is 2. The summed E-state index contributed by atoms with van der Waals surface area (Å²) >= 11 is 0. The maximum Gasteiger partial charge on any atom is 0.191 e. The van der Waals surface area contributed by atoms with Gasteiger partial charge in [0.05, 0.1) is 11.4 Å². The molecule has 2 unspecified atom stereocenters. The number of benzene rings is 2. The summed E-state index contributed by atoms with van der Waals surface area (Å²) in [5, 5.41) is 11.4. The highest BCUT2D eigenvalue weighted by Gasteiger charge is 2.40. The van der Waals surface area contributed by atoms with Crippen LogP contribution in [0.25, 0.3) is 5.69 Å². The number of nitrogens with one attached hydrogen (secondary N) is 2. The van der Waals surface area contributed by atoms with E-state index < -0.39 is 0 Å². The molecule has 0 radical (unpaired) electrons. The largest absolute Gasteiger partial charge is 0.353 e. The Morgan fingerprint density at radius 3 is 2.60 bits per heavy atom. The zero-order valence-corrected chi connectivity index (χ0v) is 19.7. The Kier molecular flexibility index (Phi) is 7.12. The fourth-order valence-corrected chi connectivity index (χ4v) is 3.76. The van der Waals surface area contributed by atoms with Gasteiger partial charge in [0.1, 0.15) is 5.82 Å². The molecule has 1 aliphatic carbocycles. The summed E-state index contributed by atoms with van der Waals surface area (Å²) in [7, 11) is 1.75. The summed E-state index contributed by atoms with van der Waals surface area (Å²) in [5.41, 5.74) is 5.05. The molecule has 0 bridgehead atoms. The molecule has 4 rings (SSSR count). The third kappa shape index (κ3) is 4.83. The fraction of sp³-hybridized carbons (Fsp3) is 0.304. The van der Waals surface area contributed by atoms with Gasteiger partial charge in [0.2, 0.25) is 0 Å². The van der Waals surface area contributed by atoms with Gasteiger partial charge in [0.25, 0.3) is 0 Å². The van der Waals surface area contributed by atoms with E-state index in [-0.39, 0.29) is 41.8 Å². The third-order valence-corrected chi connectivity index (χ3v) is 5.32. The number of para-hydroxylation sites is 1. The van der Waals surface area contributed by atoms with E-state index in [1.165, 1.54) is 6.07 Å². The van der Waals surface area contributed by atoms with E-state index in [9.17, 15) is 4.39 Å². The van der Waals surface area contributed by atoms with Crippen molar-refractivity contribution in [3.8, 4) is 5.69 Å². The zero-order valence-electron chi connectivity index (χ0n) is 17.4. The molecule has 1 saturated carbocycles. The number of aromatic nitrogens is 2. The van der Waals surface area contributed by atoms with Crippen molar-refractivity contribution in [2.24, 2.45) is 4.99 Å². The van der Waals surface area contributed by atoms with Crippen LogP contribution >= 0.6 is 24.0 Å². The van der Waals surface area contributed by atoms with Crippen LogP contribution in [0.15, 0.2) is 59.6 Å². The summed E-state index contributed by atoms with van der Waals surface area (Å²) in [6, 6.07) is 17.5. The van der Waals surface area contributed by atoms with Crippen LogP contribution in [0.2, 0.25) is 0 Å². The second-order valence-electron chi connectivity index (χ2n) is 7.51. The van der Waals surface area contributed by atoms with Crippen LogP contribution in [0.1, 0.15) is 34.9 Å². The molecule has 0 saturated heterocycles. The minimum absolute atomic E-state index is 0. The van der Waals surface area contributed by atoms with E-state index in [1.807, 2.05) is 35.9 Å². The highest BCUT2D eigenvalue weighted by molar-refractivity contribution is 14.0. The minimum Gasteiger partial charge on any atom is -0.353 e. The van der Waals surface area contributed by atoms with Crippen molar-refractivity contribution >= 4 is 29.9 Å². The summed E-state index contributed by atoms with van der Waals surface area (Å²) in [6.45, 7) is 4.67. The molecular weight excluding hydrogens is 492 g/mol. The zero-order chi connectivity index (χ0) is 20.4. The Bertz CT molecular complexity index is 1050. The molecule has 30 heavy (non-hydrogen) atoms. The summed E-state index contributed by atoms with van der Waals surface area (Å²) in [6.07, 6.45) is 0.907. The molecular formula is C23H27FIN5. The molecule has 0 amide bonds. The highest BCUT2D eigenvalue weighted by Crippen LogP contribution is 2.41. The molecule has 2 N–H and O–H groups in total. The van der Waals surface area contributed by atoms with Crippen molar-refractivity contribution in [3.63, 3.8) is 0 Å². The Morgan fingerprint density at radius 2 is 1.90 bits per heavy atom. The predicted molar refractivity (Wildman–Crippen MR) is 129 cm³/mol. The topological polar surface area (TPSA) is 54.2 Å². The first-order valence-electron chi connectivity index (χ1n) is 9.90. The van der Waals surface area contributed by atoms with Gasteiger partial charge in [-0.25, -0.2) is 9.07 Å². The van der Waals surface area contributed by atoms with Crippen LogP contribution in [0, 0.1) is 19.7 Å². The maximum absolute atomic E-state index is 14.0. The first-order chi connectivity index (χ1) is 14.1. The van der Waals surface area contributed by atoms with E-state index in [0.717, 1.165) is 40.6 Å². The Morgan fingerprint density at radius 1 is 1.17 bits per heavy atom. The molecule has 7 heteroatoms. The van der Waals surface area contributed by atoms with E-state index in [4.69, 9.17) is 0 Å². The number of rotatable bonds is 5. The lowest BCUT2D eigenvalue weighted by atomic mass is 10.1. The van der Waals surface area contributed by atoms with Gasteiger partial charge >= 0.3 is 0 Å². The second-order valence-corrected chi connectivity index (χ2v) is 7.51. The number of guanidine groups is 1. The van der Waals surface area contributed by atoms with Gasteiger partial charge in [0.15, 0.2) is 5.96 Å². The highest BCUT2D eigenvalue weighted by atomic mass is 127. The van der Waals surface area contributed by atoms with E-state index in [2.05, 4.69) is 45.8 Å². The van der Waals surface area contributed by atoms with Gasteiger partial charge < -0.3 is 10.6 Å². The minimum atomic E-state index is -0.136. The Labute approximate surface area is 193 Å². The maximum atomic E-state index is 14.0. The summed E-state index contributed by atoms with van der Waals surface area (Å²) in [5.74, 6) is 0.775. The molecule has 0 aliphatic heterocycles. The Hall–Kier alpha value is -2.42. The SMILES string of the molecule is CN=C(NCc1ccccc1-n1nc(C)cc1C)NC1CC1c1ccccc1F.I. The molecule has 5 nitrogen and oxygen atoms in total. The number of nitrogens with zero attached hydrogens (tertiary/aromatic N) is 3. The molecule has 2 aromatic carbocycles. The molecule has 1 aliphatic rings. The number of hydrogen-bond acceptors (Lipinski definition) is 2. The molecule has 158 valence electrons. The van der Waals surface area contributed by atoms with Crippen LogP contribution < -0.4 is 10.6 Å². The molecule has 3 aromatic rings. The van der Waals surface area contributed by atoms with Crippen molar-refractivity contribution < 1.29 is 4.39 Å². The summed E-state index contributed by atoms with van der Waals surface area (Å²) < 4.78 is 16.0. The lowest BCUT2D eigenvalue weighted by molar-refractivity contribution is 0.607. The van der Waals surface area contributed by atoms with E-state index in [0.29, 0.717) is 6.54 Å². The van der Waals surface area contributed by atoms with Gasteiger partial charge in [-0.2, -0.15) is 5.10 Å². The fourth-order valence-electron chi connectivity index (χ4n) is 3.76. The van der Waals surface area contributed by atoms with Crippen LogP contribution in [0.5, 0.6) is 0 Å². The predicted octanol–water partition coefficient (Wildman–Crippen LogP) is 4.47. The van der Waals surface area contributed by atoms with Crippen molar-refractivity contribution in [3.05, 3.63) is 82.9 Å². The number of hydrogen-bond donors (Lipinski definition) is 2. The van der Waals surface area contributed by atoms with Gasteiger partial charge in [-0.1, -0.05) is 36.4 Å². The van der Waals surface area contributed by atoms with Crippen LogP contribution in [-0.4, -0.2) is 28.8 Å². The van der Waals surface area contributed by atoms with Crippen molar-refractivity contribution in [1.29, 1.82) is 0 Å². The first-order valence-corrected chi connectivity index (χ1v) is 9.90. The lowest BCUT2D eigenvalue weighted by Gasteiger charge is -2.15. The normalized spacial score (nSPS) is 17.9.